The smallest absolute Gasteiger partial charge is 0.127 e. The summed E-state index contributed by atoms with van der Waals surface area (Å²) in [6.45, 7) is 4.07. The molecule has 1 nitrogen and oxygen atoms in total. The number of halogens is 2. The molecule has 0 heterocycles. The standard InChI is InChI=1S/C17H19BrFNS/c1-2-8-20-11-13-4-3-5-16(9-13)21-12-14-10-15(18)6-7-17(14)19/h3-7,9-10,20H,2,8,11-12H2,1H3. The van der Waals surface area contributed by atoms with Gasteiger partial charge in [-0.05, 0) is 54.4 Å². The molecule has 0 aliphatic carbocycles. The normalized spacial score (nSPS) is 10.8. The summed E-state index contributed by atoms with van der Waals surface area (Å²) in [4.78, 5) is 1.17. The third-order valence-corrected chi connectivity index (χ3v) is 4.59. The minimum atomic E-state index is -0.147. The predicted octanol–water partition coefficient (Wildman–Crippen LogP) is 5.38. The van der Waals surface area contributed by atoms with Crippen molar-refractivity contribution >= 4 is 27.7 Å². The van der Waals surface area contributed by atoms with Crippen molar-refractivity contribution in [2.45, 2.75) is 30.5 Å². The summed E-state index contributed by atoms with van der Waals surface area (Å²) in [5, 5.41) is 3.39. The first-order chi connectivity index (χ1) is 10.2. The average Bonchev–Trinajstić information content (AvgIpc) is 2.49. The minimum Gasteiger partial charge on any atom is -0.313 e. The fraction of sp³-hybridized carbons (Fsp3) is 0.294. The van der Waals surface area contributed by atoms with Crippen LogP contribution in [-0.4, -0.2) is 6.54 Å². The molecule has 1 N–H and O–H groups in total. The summed E-state index contributed by atoms with van der Waals surface area (Å²) in [6, 6.07) is 13.5. The molecule has 0 bridgehead atoms. The van der Waals surface area contributed by atoms with Crippen LogP contribution in [0.4, 0.5) is 4.39 Å². The average molecular weight is 368 g/mol. The Hall–Kier alpha value is -0.840. The van der Waals surface area contributed by atoms with Crippen molar-refractivity contribution in [3.8, 4) is 0 Å². The van der Waals surface area contributed by atoms with Gasteiger partial charge in [0.15, 0.2) is 0 Å². The van der Waals surface area contributed by atoms with Gasteiger partial charge in [0.25, 0.3) is 0 Å². The number of rotatable bonds is 7. The molecule has 2 aromatic carbocycles. The van der Waals surface area contributed by atoms with Gasteiger partial charge in [-0.15, -0.1) is 11.8 Å². The van der Waals surface area contributed by atoms with Gasteiger partial charge in [-0.25, -0.2) is 4.39 Å². The Balaban J connectivity index is 1.96. The van der Waals surface area contributed by atoms with E-state index in [1.807, 2.05) is 6.07 Å². The zero-order valence-corrected chi connectivity index (χ0v) is 14.4. The van der Waals surface area contributed by atoms with Gasteiger partial charge in [-0.3, -0.25) is 0 Å². The van der Waals surface area contributed by atoms with Gasteiger partial charge >= 0.3 is 0 Å². The van der Waals surface area contributed by atoms with Gasteiger partial charge in [0.05, 0.1) is 0 Å². The van der Waals surface area contributed by atoms with Gasteiger partial charge in [0.2, 0.25) is 0 Å². The quantitative estimate of drug-likeness (QED) is 0.520. The molecular weight excluding hydrogens is 349 g/mol. The van der Waals surface area contributed by atoms with Crippen molar-refractivity contribution in [1.29, 1.82) is 0 Å². The van der Waals surface area contributed by atoms with E-state index in [-0.39, 0.29) is 5.82 Å². The number of thioether (sulfide) groups is 1. The fourth-order valence-corrected chi connectivity index (χ4v) is 3.33. The first-order valence-corrected chi connectivity index (χ1v) is 8.83. The molecule has 0 atom stereocenters. The lowest BCUT2D eigenvalue weighted by molar-refractivity contribution is 0.617. The van der Waals surface area contributed by atoms with Crippen LogP contribution in [0.15, 0.2) is 51.8 Å². The molecule has 4 heteroatoms. The number of nitrogens with one attached hydrogen (secondary N) is 1. The maximum absolute atomic E-state index is 13.7. The molecule has 112 valence electrons. The monoisotopic (exact) mass is 367 g/mol. The fourth-order valence-electron chi connectivity index (χ4n) is 1.97. The highest BCUT2D eigenvalue weighted by Gasteiger charge is 2.04. The molecule has 0 aliphatic heterocycles. The van der Waals surface area contributed by atoms with Gasteiger partial charge in [-0.2, -0.15) is 0 Å². The maximum Gasteiger partial charge on any atom is 0.127 e. The van der Waals surface area contributed by atoms with E-state index in [0.717, 1.165) is 29.5 Å². The van der Waals surface area contributed by atoms with Crippen LogP contribution in [-0.2, 0) is 12.3 Å². The molecule has 0 spiro atoms. The van der Waals surface area contributed by atoms with Crippen molar-refractivity contribution < 1.29 is 4.39 Å². The molecule has 0 saturated heterocycles. The SMILES string of the molecule is CCCNCc1cccc(SCc2cc(Br)ccc2F)c1. The van der Waals surface area contributed by atoms with Crippen molar-refractivity contribution in [3.63, 3.8) is 0 Å². The van der Waals surface area contributed by atoms with E-state index in [4.69, 9.17) is 0 Å². The number of hydrogen-bond donors (Lipinski definition) is 1. The highest BCUT2D eigenvalue weighted by molar-refractivity contribution is 9.10. The van der Waals surface area contributed by atoms with E-state index in [9.17, 15) is 4.39 Å². The molecule has 21 heavy (non-hydrogen) atoms. The Morgan fingerprint density at radius 1 is 1.19 bits per heavy atom. The molecule has 2 aromatic rings. The minimum absolute atomic E-state index is 0.147. The summed E-state index contributed by atoms with van der Waals surface area (Å²) in [5.74, 6) is 0.489. The van der Waals surface area contributed by atoms with Crippen molar-refractivity contribution in [2.75, 3.05) is 6.54 Å². The molecule has 0 aromatic heterocycles. The molecule has 0 amide bonds. The van der Waals surface area contributed by atoms with Gasteiger partial charge < -0.3 is 5.32 Å². The lowest BCUT2D eigenvalue weighted by Gasteiger charge is -2.07. The Morgan fingerprint density at radius 3 is 2.86 bits per heavy atom. The third kappa shape index (κ3) is 5.46. The molecule has 0 radical (unpaired) electrons. The first-order valence-electron chi connectivity index (χ1n) is 7.05. The third-order valence-electron chi connectivity index (χ3n) is 3.06. The Labute approximate surface area is 138 Å². The van der Waals surface area contributed by atoms with Crippen LogP contribution in [0.25, 0.3) is 0 Å². The highest BCUT2D eigenvalue weighted by atomic mass is 79.9. The molecular formula is C17H19BrFNS. The largest absolute Gasteiger partial charge is 0.313 e. The van der Waals surface area contributed by atoms with Crippen LogP contribution < -0.4 is 5.32 Å². The predicted molar refractivity (Wildman–Crippen MR) is 92.1 cm³/mol. The van der Waals surface area contributed by atoms with Crippen LogP contribution in [0.5, 0.6) is 0 Å². The van der Waals surface area contributed by atoms with Crippen LogP contribution in [0.2, 0.25) is 0 Å². The Kier molecular flexibility index (Phi) is 6.74. The summed E-state index contributed by atoms with van der Waals surface area (Å²) in [7, 11) is 0. The van der Waals surface area contributed by atoms with Crippen molar-refractivity contribution in [1.82, 2.24) is 5.32 Å². The second kappa shape index (κ2) is 8.57. The lowest BCUT2D eigenvalue weighted by Crippen LogP contribution is -2.13. The van der Waals surface area contributed by atoms with Crippen LogP contribution >= 0.6 is 27.7 Å². The van der Waals surface area contributed by atoms with Gasteiger partial charge in [0, 0.05) is 21.7 Å². The molecule has 0 fully saturated rings. The van der Waals surface area contributed by atoms with Crippen LogP contribution in [0.1, 0.15) is 24.5 Å². The van der Waals surface area contributed by atoms with Crippen LogP contribution in [0, 0.1) is 5.82 Å². The summed E-state index contributed by atoms with van der Waals surface area (Å²) < 4.78 is 14.6. The van der Waals surface area contributed by atoms with E-state index in [2.05, 4.69) is 52.4 Å². The van der Waals surface area contributed by atoms with E-state index < -0.39 is 0 Å². The second-order valence-corrected chi connectivity index (χ2v) is 6.81. The zero-order chi connectivity index (χ0) is 15.1. The maximum atomic E-state index is 13.7. The lowest BCUT2D eigenvalue weighted by atomic mass is 10.2. The van der Waals surface area contributed by atoms with Crippen LogP contribution in [0.3, 0.4) is 0 Å². The number of hydrogen-bond acceptors (Lipinski definition) is 2. The summed E-state index contributed by atoms with van der Waals surface area (Å²) in [5.41, 5.74) is 1.99. The van der Waals surface area contributed by atoms with E-state index >= 15 is 0 Å². The van der Waals surface area contributed by atoms with E-state index in [1.54, 1.807) is 17.8 Å². The van der Waals surface area contributed by atoms with Crippen molar-refractivity contribution in [3.05, 3.63) is 63.9 Å². The molecule has 2 rings (SSSR count). The highest BCUT2D eigenvalue weighted by Crippen LogP contribution is 2.26. The molecule has 0 unspecified atom stereocenters. The zero-order valence-electron chi connectivity index (χ0n) is 12.0. The van der Waals surface area contributed by atoms with Gasteiger partial charge in [0.1, 0.15) is 5.82 Å². The van der Waals surface area contributed by atoms with Gasteiger partial charge in [-0.1, -0.05) is 35.0 Å². The second-order valence-electron chi connectivity index (χ2n) is 4.85. The van der Waals surface area contributed by atoms with E-state index in [1.165, 1.54) is 16.5 Å². The Morgan fingerprint density at radius 2 is 2.05 bits per heavy atom. The van der Waals surface area contributed by atoms with Crippen molar-refractivity contribution in [2.24, 2.45) is 0 Å². The number of benzene rings is 2. The topological polar surface area (TPSA) is 12.0 Å². The molecule has 0 aliphatic rings. The first kappa shape index (κ1) is 16.5. The summed E-state index contributed by atoms with van der Waals surface area (Å²) >= 11 is 5.05. The summed E-state index contributed by atoms with van der Waals surface area (Å²) in [6.07, 6.45) is 1.14. The van der Waals surface area contributed by atoms with E-state index in [0.29, 0.717) is 5.75 Å². The Bertz CT molecular complexity index is 589. The molecule has 0 saturated carbocycles.